The van der Waals surface area contributed by atoms with Crippen LogP contribution in [0, 0.1) is 0 Å². The molecule has 0 spiro atoms. The maximum Gasteiger partial charge on any atom is 0.303 e. The summed E-state index contributed by atoms with van der Waals surface area (Å²) in [5.41, 5.74) is 0.781. The van der Waals surface area contributed by atoms with Gasteiger partial charge in [-0.05, 0) is 17.7 Å². The number of methoxy groups -OCH3 is 1. The Bertz CT molecular complexity index is 840. The number of benzene rings is 1. The maximum atomic E-state index is 11.9. The molecule has 2 rings (SSSR count). The first kappa shape index (κ1) is 26.1. The molecule has 1 aromatic carbocycles. The van der Waals surface area contributed by atoms with E-state index in [1.807, 2.05) is 0 Å². The van der Waals surface area contributed by atoms with Crippen LogP contribution < -0.4 is 10.1 Å². The van der Waals surface area contributed by atoms with Gasteiger partial charge in [0.25, 0.3) is 0 Å². The van der Waals surface area contributed by atoms with Crippen LogP contribution in [-0.4, -0.2) is 68.2 Å². The molecule has 0 aliphatic carbocycles. The second-order valence-corrected chi connectivity index (χ2v) is 7.38. The molecule has 0 bridgehead atoms. The number of hydrogen-bond acceptors (Lipinski definition) is 10. The molecule has 0 aromatic heterocycles. The van der Waals surface area contributed by atoms with Crippen molar-refractivity contribution in [2.75, 3.05) is 13.7 Å². The Morgan fingerprint density at radius 2 is 1.52 bits per heavy atom. The number of esters is 3. The molecule has 182 valence electrons. The molecule has 11 heteroatoms. The summed E-state index contributed by atoms with van der Waals surface area (Å²) in [6.07, 6.45) is -4.46. The van der Waals surface area contributed by atoms with Gasteiger partial charge >= 0.3 is 17.9 Å². The van der Waals surface area contributed by atoms with Gasteiger partial charge in [-0.15, -0.1) is 0 Å². The number of carbonyl (C=O) groups is 4. The molecule has 1 heterocycles. The summed E-state index contributed by atoms with van der Waals surface area (Å²) in [4.78, 5) is 46.9. The number of carbonyl (C=O) groups excluding carboxylic acids is 4. The zero-order chi connectivity index (χ0) is 24.5. The monoisotopic (exact) mass is 467 g/mol. The van der Waals surface area contributed by atoms with Crippen LogP contribution in [0.25, 0.3) is 0 Å². The molecular weight excluding hydrogens is 438 g/mol. The van der Waals surface area contributed by atoms with Crippen LogP contribution in [0.4, 0.5) is 0 Å². The lowest BCUT2D eigenvalue weighted by atomic mass is 9.96. The molecule has 0 radical (unpaired) electrons. The Hall–Kier alpha value is -3.18. The highest BCUT2D eigenvalue weighted by molar-refractivity contribution is 5.73. The first-order valence-electron chi connectivity index (χ1n) is 10.3. The van der Waals surface area contributed by atoms with Gasteiger partial charge in [0.2, 0.25) is 5.91 Å². The van der Waals surface area contributed by atoms with E-state index >= 15 is 0 Å². The fourth-order valence-electron chi connectivity index (χ4n) is 3.33. The van der Waals surface area contributed by atoms with Crippen LogP contribution in [-0.2, 0) is 49.5 Å². The topological polar surface area (TPSA) is 136 Å². The number of amides is 1. The Morgan fingerprint density at radius 1 is 0.909 bits per heavy atom. The zero-order valence-electron chi connectivity index (χ0n) is 19.2. The van der Waals surface area contributed by atoms with Crippen molar-refractivity contribution >= 4 is 23.8 Å². The quantitative estimate of drug-likeness (QED) is 0.411. The van der Waals surface area contributed by atoms with Crippen molar-refractivity contribution in [3.8, 4) is 5.75 Å². The molecule has 1 aromatic rings. The Labute approximate surface area is 191 Å². The molecule has 5 atom stereocenters. The van der Waals surface area contributed by atoms with Crippen LogP contribution in [0.5, 0.6) is 5.75 Å². The molecular formula is C22H29NO10. The second-order valence-electron chi connectivity index (χ2n) is 7.38. The summed E-state index contributed by atoms with van der Waals surface area (Å²) in [5, 5.41) is 2.65. The van der Waals surface area contributed by atoms with Crippen LogP contribution >= 0.6 is 0 Å². The van der Waals surface area contributed by atoms with E-state index in [0.29, 0.717) is 5.75 Å². The van der Waals surface area contributed by atoms with E-state index in [1.165, 1.54) is 27.7 Å². The predicted octanol–water partition coefficient (Wildman–Crippen LogP) is 0.868. The summed E-state index contributed by atoms with van der Waals surface area (Å²) < 4.78 is 32.8. The fraction of sp³-hybridized carbons (Fsp3) is 0.545. The van der Waals surface area contributed by atoms with Gasteiger partial charge in [0, 0.05) is 27.7 Å². The lowest BCUT2D eigenvalue weighted by molar-refractivity contribution is -0.280. The van der Waals surface area contributed by atoms with Crippen molar-refractivity contribution in [3.63, 3.8) is 0 Å². The molecule has 1 amide bonds. The normalized spacial score (nSPS) is 24.3. The minimum atomic E-state index is -1.16. The molecule has 1 saturated heterocycles. The van der Waals surface area contributed by atoms with Gasteiger partial charge in [-0.2, -0.15) is 0 Å². The lowest BCUT2D eigenvalue weighted by Crippen LogP contribution is -2.66. The molecule has 1 fully saturated rings. The van der Waals surface area contributed by atoms with E-state index in [1.54, 1.807) is 31.4 Å². The van der Waals surface area contributed by atoms with E-state index in [2.05, 4.69) is 5.32 Å². The summed E-state index contributed by atoms with van der Waals surface area (Å²) in [6.45, 7) is 4.63. The Morgan fingerprint density at radius 3 is 2.03 bits per heavy atom. The Balaban J connectivity index is 2.33. The van der Waals surface area contributed by atoms with Crippen molar-refractivity contribution < 1.29 is 47.6 Å². The average Bonchev–Trinajstić information content (AvgIpc) is 2.73. The van der Waals surface area contributed by atoms with Crippen molar-refractivity contribution in [2.24, 2.45) is 0 Å². The number of ether oxygens (including phenoxy) is 6. The molecule has 1 N–H and O–H groups in total. The highest BCUT2D eigenvalue weighted by Crippen LogP contribution is 2.28. The van der Waals surface area contributed by atoms with E-state index in [0.717, 1.165) is 5.56 Å². The minimum absolute atomic E-state index is 0.0794. The van der Waals surface area contributed by atoms with Crippen LogP contribution in [0.15, 0.2) is 24.3 Å². The largest absolute Gasteiger partial charge is 0.497 e. The van der Waals surface area contributed by atoms with Crippen molar-refractivity contribution in [1.82, 2.24) is 5.32 Å². The van der Waals surface area contributed by atoms with Crippen molar-refractivity contribution in [1.29, 1.82) is 0 Å². The van der Waals surface area contributed by atoms with Crippen molar-refractivity contribution in [2.45, 2.75) is 64.9 Å². The summed E-state index contributed by atoms with van der Waals surface area (Å²) >= 11 is 0. The summed E-state index contributed by atoms with van der Waals surface area (Å²) in [7, 11) is 1.55. The number of nitrogens with one attached hydrogen (secondary N) is 1. The van der Waals surface area contributed by atoms with E-state index in [-0.39, 0.29) is 13.2 Å². The van der Waals surface area contributed by atoms with E-state index in [4.69, 9.17) is 28.4 Å². The van der Waals surface area contributed by atoms with Gasteiger partial charge < -0.3 is 33.7 Å². The standard InChI is InChI=1S/C22H29NO10/c1-12(24)23-19-21(32-15(4)27)20(31-14(3)26)18(11-29-13(2)25)33-22(19)30-10-16-6-8-17(28-5)9-7-16/h6-9,18-22H,10-11H2,1-5H3,(H,23,24)/t18-,19-,20+,21-,22-/m0/s1. The van der Waals surface area contributed by atoms with Gasteiger partial charge in [-0.3, -0.25) is 19.2 Å². The van der Waals surface area contributed by atoms with Gasteiger partial charge in [-0.25, -0.2) is 0 Å². The number of rotatable bonds is 9. The zero-order valence-corrected chi connectivity index (χ0v) is 19.2. The highest BCUT2D eigenvalue weighted by atomic mass is 16.7. The SMILES string of the molecule is COc1ccc(CO[C@H]2O[C@@H](COC(C)=O)[C@@H](OC(C)=O)[C@@H](OC(C)=O)[C@@H]2NC(C)=O)cc1. The second kappa shape index (κ2) is 12.2. The minimum Gasteiger partial charge on any atom is -0.497 e. The van der Waals surface area contributed by atoms with Gasteiger partial charge in [0.05, 0.1) is 13.7 Å². The molecule has 1 aliphatic rings. The smallest absolute Gasteiger partial charge is 0.303 e. The molecule has 0 unspecified atom stereocenters. The first-order chi connectivity index (χ1) is 15.6. The third-order valence-electron chi connectivity index (χ3n) is 4.64. The van der Waals surface area contributed by atoms with Crippen molar-refractivity contribution in [3.05, 3.63) is 29.8 Å². The molecule has 1 aliphatic heterocycles. The predicted molar refractivity (Wildman–Crippen MR) is 112 cm³/mol. The van der Waals surface area contributed by atoms with Gasteiger partial charge in [0.15, 0.2) is 18.5 Å². The lowest BCUT2D eigenvalue weighted by Gasteiger charge is -2.44. The Kier molecular flexibility index (Phi) is 9.61. The highest BCUT2D eigenvalue weighted by Gasteiger charge is 2.51. The summed E-state index contributed by atoms with van der Waals surface area (Å²) in [5.74, 6) is -1.70. The third kappa shape index (κ3) is 8.03. The first-order valence-corrected chi connectivity index (χ1v) is 10.3. The average molecular weight is 467 g/mol. The summed E-state index contributed by atoms with van der Waals surface area (Å²) in [6, 6.07) is 6.08. The van der Waals surface area contributed by atoms with E-state index < -0.39 is 54.5 Å². The van der Waals surface area contributed by atoms with E-state index in [9.17, 15) is 19.2 Å². The molecule has 11 nitrogen and oxygen atoms in total. The van der Waals surface area contributed by atoms with Gasteiger partial charge in [-0.1, -0.05) is 12.1 Å². The molecule has 33 heavy (non-hydrogen) atoms. The van der Waals surface area contributed by atoms with Crippen LogP contribution in [0.2, 0.25) is 0 Å². The third-order valence-corrected chi connectivity index (χ3v) is 4.64. The molecule has 0 saturated carbocycles. The fourth-order valence-corrected chi connectivity index (χ4v) is 3.33. The number of hydrogen-bond donors (Lipinski definition) is 1. The van der Waals surface area contributed by atoms with Crippen LogP contribution in [0.1, 0.15) is 33.3 Å². The van der Waals surface area contributed by atoms with Crippen LogP contribution in [0.3, 0.4) is 0 Å². The maximum absolute atomic E-state index is 11.9. The van der Waals surface area contributed by atoms with Gasteiger partial charge in [0.1, 0.15) is 24.5 Å².